The van der Waals surface area contributed by atoms with Crippen molar-refractivity contribution in [3.63, 3.8) is 0 Å². The smallest absolute Gasteiger partial charge is 0.415 e. The molecule has 1 aromatic rings. The Labute approximate surface area is 130 Å². The van der Waals surface area contributed by atoms with Gasteiger partial charge in [0.15, 0.2) is 11.5 Å². The fourth-order valence-corrected chi connectivity index (χ4v) is 1.74. The second-order valence-corrected chi connectivity index (χ2v) is 4.31. The van der Waals surface area contributed by atoms with E-state index in [0.717, 1.165) is 5.56 Å². The number of nitrogens with zero attached hydrogens (tertiary/aromatic N) is 1. The Morgan fingerprint density at radius 2 is 1.82 bits per heavy atom. The van der Waals surface area contributed by atoms with Crippen molar-refractivity contribution in [2.24, 2.45) is 0 Å². The number of hydrogen-bond acceptors (Lipinski definition) is 5. The number of carbonyl (C=O) groups is 2. The van der Waals surface area contributed by atoms with Crippen molar-refractivity contribution < 1.29 is 23.8 Å². The van der Waals surface area contributed by atoms with E-state index in [2.05, 4.69) is 4.74 Å². The minimum absolute atomic E-state index is 0.328. The molecule has 1 rings (SSSR count). The largest absolute Gasteiger partial charge is 0.493 e. The van der Waals surface area contributed by atoms with Gasteiger partial charge in [0.2, 0.25) is 0 Å². The number of rotatable bonds is 6. The van der Waals surface area contributed by atoms with E-state index in [-0.39, 0.29) is 0 Å². The van der Waals surface area contributed by atoms with E-state index in [4.69, 9.17) is 9.47 Å². The average molecular weight is 307 g/mol. The number of ether oxygens (including phenoxy) is 3. The van der Waals surface area contributed by atoms with Gasteiger partial charge in [-0.1, -0.05) is 6.07 Å². The van der Waals surface area contributed by atoms with Crippen LogP contribution in [0.2, 0.25) is 0 Å². The molecule has 0 fully saturated rings. The van der Waals surface area contributed by atoms with Crippen molar-refractivity contribution in [1.29, 1.82) is 0 Å². The maximum atomic E-state index is 12.0. The first-order valence-electron chi connectivity index (χ1n) is 6.96. The average Bonchev–Trinajstić information content (AvgIpc) is 2.54. The lowest BCUT2D eigenvalue weighted by molar-refractivity contribution is -0.134. The number of methoxy groups -OCH3 is 2. The summed E-state index contributed by atoms with van der Waals surface area (Å²) in [5.41, 5.74) is 0.727. The van der Waals surface area contributed by atoms with Gasteiger partial charge in [0, 0.05) is 19.2 Å². The third-order valence-electron chi connectivity index (χ3n) is 3.02. The Hall–Kier alpha value is -2.50. The number of amides is 1. The van der Waals surface area contributed by atoms with Crippen molar-refractivity contribution in [2.75, 3.05) is 27.3 Å². The first-order valence-corrected chi connectivity index (χ1v) is 6.96. The molecule has 0 saturated carbocycles. The zero-order valence-corrected chi connectivity index (χ0v) is 13.3. The fourth-order valence-electron chi connectivity index (χ4n) is 1.74. The topological polar surface area (TPSA) is 65.1 Å². The zero-order chi connectivity index (χ0) is 16.5. The predicted octanol–water partition coefficient (Wildman–Crippen LogP) is 2.72. The quantitative estimate of drug-likeness (QED) is 0.597. The van der Waals surface area contributed by atoms with E-state index in [1.807, 2.05) is 13.8 Å². The molecule has 0 atom stereocenters. The highest BCUT2D eigenvalue weighted by Crippen LogP contribution is 2.29. The number of esters is 1. The second kappa shape index (κ2) is 8.71. The molecule has 0 bridgehead atoms. The molecule has 0 aliphatic rings. The van der Waals surface area contributed by atoms with E-state index < -0.39 is 12.1 Å². The standard InChI is InChI=1S/C16H21NO5/c1-5-17(6-2)16(19)22-13-9-7-12(11-14(13)20-3)8-10-15(18)21-4/h7-11H,5-6H2,1-4H3/b10-8+. The van der Waals surface area contributed by atoms with Crippen molar-refractivity contribution in [3.8, 4) is 11.5 Å². The molecule has 6 heteroatoms. The molecule has 0 unspecified atom stereocenters. The molecule has 22 heavy (non-hydrogen) atoms. The Kier molecular flexibility index (Phi) is 6.95. The molecule has 1 aromatic carbocycles. The lowest BCUT2D eigenvalue weighted by Gasteiger charge is -2.18. The minimum atomic E-state index is -0.448. The summed E-state index contributed by atoms with van der Waals surface area (Å²) in [6, 6.07) is 5.01. The summed E-state index contributed by atoms with van der Waals surface area (Å²) < 4.78 is 15.1. The summed E-state index contributed by atoms with van der Waals surface area (Å²) in [5.74, 6) is 0.290. The lowest BCUT2D eigenvalue weighted by atomic mass is 10.2. The number of hydrogen-bond donors (Lipinski definition) is 0. The molecule has 0 heterocycles. The van der Waals surface area contributed by atoms with Gasteiger partial charge < -0.3 is 19.1 Å². The lowest BCUT2D eigenvalue weighted by Crippen LogP contribution is -2.33. The molecule has 120 valence electrons. The summed E-state index contributed by atoms with van der Waals surface area (Å²) in [6.07, 6.45) is 2.46. The zero-order valence-electron chi connectivity index (χ0n) is 13.3. The summed E-state index contributed by atoms with van der Waals surface area (Å²) in [7, 11) is 2.79. The van der Waals surface area contributed by atoms with E-state index in [0.29, 0.717) is 24.6 Å². The molecular formula is C16H21NO5. The van der Waals surface area contributed by atoms with Gasteiger partial charge in [-0.05, 0) is 37.6 Å². The van der Waals surface area contributed by atoms with Crippen LogP contribution in [-0.4, -0.2) is 44.3 Å². The highest BCUT2D eigenvalue weighted by atomic mass is 16.6. The van der Waals surface area contributed by atoms with Gasteiger partial charge in [0.25, 0.3) is 0 Å². The van der Waals surface area contributed by atoms with Crippen molar-refractivity contribution in [1.82, 2.24) is 4.90 Å². The minimum Gasteiger partial charge on any atom is -0.493 e. The van der Waals surface area contributed by atoms with Crippen LogP contribution < -0.4 is 9.47 Å². The number of carbonyl (C=O) groups excluding carboxylic acids is 2. The molecule has 0 saturated heterocycles. The highest BCUT2D eigenvalue weighted by molar-refractivity contribution is 5.87. The maximum Gasteiger partial charge on any atom is 0.415 e. The fraction of sp³-hybridized carbons (Fsp3) is 0.375. The van der Waals surface area contributed by atoms with Gasteiger partial charge in [0.05, 0.1) is 14.2 Å². The first kappa shape index (κ1) is 17.6. The molecule has 0 aromatic heterocycles. The third-order valence-corrected chi connectivity index (χ3v) is 3.02. The van der Waals surface area contributed by atoms with Gasteiger partial charge in [-0.2, -0.15) is 0 Å². The van der Waals surface area contributed by atoms with Crippen LogP contribution in [-0.2, 0) is 9.53 Å². The molecule has 6 nitrogen and oxygen atoms in total. The Morgan fingerprint density at radius 3 is 2.36 bits per heavy atom. The van der Waals surface area contributed by atoms with Crippen molar-refractivity contribution >= 4 is 18.1 Å². The Morgan fingerprint density at radius 1 is 1.14 bits per heavy atom. The van der Waals surface area contributed by atoms with Crippen LogP contribution in [0.3, 0.4) is 0 Å². The monoisotopic (exact) mass is 307 g/mol. The van der Waals surface area contributed by atoms with Crippen LogP contribution in [0.4, 0.5) is 4.79 Å². The summed E-state index contributed by atoms with van der Waals surface area (Å²) >= 11 is 0. The Balaban J connectivity index is 2.92. The van der Waals surface area contributed by atoms with E-state index in [1.54, 1.807) is 29.2 Å². The first-order chi connectivity index (χ1) is 10.5. The van der Waals surface area contributed by atoms with E-state index in [1.165, 1.54) is 20.3 Å². The van der Waals surface area contributed by atoms with Crippen molar-refractivity contribution in [2.45, 2.75) is 13.8 Å². The SMILES string of the molecule is CCN(CC)C(=O)Oc1ccc(/C=C/C(=O)OC)cc1OC. The molecule has 0 aliphatic heterocycles. The molecule has 0 spiro atoms. The van der Waals surface area contributed by atoms with Crippen LogP contribution >= 0.6 is 0 Å². The molecule has 0 N–H and O–H groups in total. The van der Waals surface area contributed by atoms with E-state index >= 15 is 0 Å². The van der Waals surface area contributed by atoms with Crippen LogP contribution in [0.5, 0.6) is 11.5 Å². The summed E-state index contributed by atoms with van der Waals surface area (Å²) in [5, 5.41) is 0. The highest BCUT2D eigenvalue weighted by Gasteiger charge is 2.15. The molecular weight excluding hydrogens is 286 g/mol. The summed E-state index contributed by atoms with van der Waals surface area (Å²) in [4.78, 5) is 24.6. The van der Waals surface area contributed by atoms with Gasteiger partial charge in [-0.25, -0.2) is 9.59 Å². The van der Waals surface area contributed by atoms with Gasteiger partial charge >= 0.3 is 12.1 Å². The number of benzene rings is 1. The van der Waals surface area contributed by atoms with Gasteiger partial charge in [-0.15, -0.1) is 0 Å². The third kappa shape index (κ3) is 4.80. The van der Waals surface area contributed by atoms with E-state index in [9.17, 15) is 9.59 Å². The van der Waals surface area contributed by atoms with Crippen LogP contribution in [0.15, 0.2) is 24.3 Å². The molecule has 0 aliphatic carbocycles. The summed E-state index contributed by atoms with van der Waals surface area (Å²) in [6.45, 7) is 4.89. The molecule has 1 amide bonds. The normalized spacial score (nSPS) is 10.4. The van der Waals surface area contributed by atoms with Crippen LogP contribution in [0, 0.1) is 0 Å². The van der Waals surface area contributed by atoms with Crippen molar-refractivity contribution in [3.05, 3.63) is 29.8 Å². The van der Waals surface area contributed by atoms with Crippen LogP contribution in [0.25, 0.3) is 6.08 Å². The van der Waals surface area contributed by atoms with Gasteiger partial charge in [-0.3, -0.25) is 0 Å². The maximum absolute atomic E-state index is 12.0. The predicted molar refractivity (Wildman–Crippen MR) is 83.0 cm³/mol. The van der Waals surface area contributed by atoms with Gasteiger partial charge in [0.1, 0.15) is 0 Å². The second-order valence-electron chi connectivity index (χ2n) is 4.31. The Bertz CT molecular complexity index is 549. The van der Waals surface area contributed by atoms with Crippen LogP contribution in [0.1, 0.15) is 19.4 Å². The molecule has 0 radical (unpaired) electrons.